The molecular weight excluding hydrogens is 258 g/mol. The lowest BCUT2D eigenvalue weighted by Crippen LogP contribution is -2.41. The van der Waals surface area contributed by atoms with Gasteiger partial charge in [-0.15, -0.1) is 0 Å². The molecule has 2 heterocycles. The van der Waals surface area contributed by atoms with Crippen molar-refractivity contribution in [3.8, 4) is 5.75 Å². The molecule has 0 aromatic heterocycles. The predicted octanol–water partition coefficient (Wildman–Crippen LogP) is 1.44. The van der Waals surface area contributed by atoms with Crippen LogP contribution in [0.2, 0.25) is 0 Å². The predicted molar refractivity (Wildman–Crippen MR) is 73.8 cm³/mol. The van der Waals surface area contributed by atoms with Crippen molar-refractivity contribution < 1.29 is 18.9 Å². The smallest absolute Gasteiger partial charge is 0.184 e. The number of ether oxygens (including phenoxy) is 4. The van der Waals surface area contributed by atoms with Crippen LogP contribution in [0.4, 0.5) is 0 Å². The largest absolute Gasteiger partial charge is 0.497 e. The summed E-state index contributed by atoms with van der Waals surface area (Å²) < 4.78 is 22.2. The highest BCUT2D eigenvalue weighted by Crippen LogP contribution is 2.28. The van der Waals surface area contributed by atoms with Gasteiger partial charge in [-0.2, -0.15) is 0 Å². The lowest BCUT2D eigenvalue weighted by Gasteiger charge is -2.28. The van der Waals surface area contributed by atoms with Crippen LogP contribution in [0.25, 0.3) is 0 Å². The summed E-state index contributed by atoms with van der Waals surface area (Å²) in [6.07, 6.45) is -0.118. The molecule has 3 rings (SSSR count). The number of hydrogen-bond donors (Lipinski definition) is 0. The quantitative estimate of drug-likeness (QED) is 0.834. The molecule has 2 saturated heterocycles. The fourth-order valence-electron chi connectivity index (χ4n) is 2.55. The van der Waals surface area contributed by atoms with Gasteiger partial charge in [-0.25, -0.2) is 0 Å². The van der Waals surface area contributed by atoms with Gasteiger partial charge >= 0.3 is 0 Å². The lowest BCUT2D eigenvalue weighted by atomic mass is 10.2. The Labute approximate surface area is 119 Å². The highest BCUT2D eigenvalue weighted by molar-refractivity contribution is 5.28. The molecule has 0 saturated carbocycles. The minimum atomic E-state index is -0.257. The summed E-state index contributed by atoms with van der Waals surface area (Å²) in [6.45, 7) is 5.15. The van der Waals surface area contributed by atoms with Crippen molar-refractivity contribution in [2.75, 3.05) is 46.6 Å². The van der Waals surface area contributed by atoms with Crippen LogP contribution in [0, 0.1) is 0 Å². The third kappa shape index (κ3) is 3.30. The van der Waals surface area contributed by atoms with Gasteiger partial charge < -0.3 is 18.9 Å². The van der Waals surface area contributed by atoms with Crippen molar-refractivity contribution in [1.29, 1.82) is 0 Å². The summed E-state index contributed by atoms with van der Waals surface area (Å²) in [5.41, 5.74) is 1.04. The molecule has 110 valence electrons. The van der Waals surface area contributed by atoms with Gasteiger partial charge in [-0.3, -0.25) is 4.90 Å². The fourth-order valence-corrected chi connectivity index (χ4v) is 2.55. The Balaban J connectivity index is 1.52. The van der Waals surface area contributed by atoms with E-state index in [-0.39, 0.29) is 12.4 Å². The minimum Gasteiger partial charge on any atom is -0.497 e. The van der Waals surface area contributed by atoms with E-state index in [4.69, 9.17) is 18.9 Å². The molecule has 5 nitrogen and oxygen atoms in total. The van der Waals surface area contributed by atoms with Gasteiger partial charge in [0.05, 0.1) is 33.0 Å². The van der Waals surface area contributed by atoms with Gasteiger partial charge in [-0.05, 0) is 12.1 Å². The van der Waals surface area contributed by atoms with E-state index in [2.05, 4.69) is 4.90 Å². The van der Waals surface area contributed by atoms with Crippen LogP contribution < -0.4 is 4.74 Å². The maximum atomic E-state index is 5.98. The Hall–Kier alpha value is -1.14. The van der Waals surface area contributed by atoms with Crippen LogP contribution in [-0.2, 0) is 14.2 Å². The van der Waals surface area contributed by atoms with Crippen molar-refractivity contribution in [3.63, 3.8) is 0 Å². The lowest BCUT2D eigenvalue weighted by molar-refractivity contribution is -0.0683. The van der Waals surface area contributed by atoms with Gasteiger partial charge in [0.15, 0.2) is 6.29 Å². The van der Waals surface area contributed by atoms with Crippen molar-refractivity contribution in [3.05, 3.63) is 29.8 Å². The Morgan fingerprint density at radius 2 is 1.95 bits per heavy atom. The molecule has 2 fully saturated rings. The first-order chi connectivity index (χ1) is 9.85. The molecule has 2 atom stereocenters. The van der Waals surface area contributed by atoms with Gasteiger partial charge in [0, 0.05) is 25.2 Å². The first-order valence-electron chi connectivity index (χ1n) is 7.06. The number of morpholine rings is 1. The highest BCUT2D eigenvalue weighted by atomic mass is 16.7. The highest BCUT2D eigenvalue weighted by Gasteiger charge is 2.29. The summed E-state index contributed by atoms with van der Waals surface area (Å²) in [4.78, 5) is 2.37. The Morgan fingerprint density at radius 3 is 2.65 bits per heavy atom. The zero-order valence-corrected chi connectivity index (χ0v) is 11.8. The average Bonchev–Trinajstić information content (AvgIpc) is 2.97. The van der Waals surface area contributed by atoms with E-state index >= 15 is 0 Å². The van der Waals surface area contributed by atoms with Gasteiger partial charge in [-0.1, -0.05) is 12.1 Å². The van der Waals surface area contributed by atoms with E-state index in [0.717, 1.165) is 44.2 Å². The van der Waals surface area contributed by atoms with Gasteiger partial charge in [0.25, 0.3) is 0 Å². The van der Waals surface area contributed by atoms with E-state index in [9.17, 15) is 0 Å². The standard InChI is InChI=1S/C15H21NO4/c1-17-13-4-2-12(3-5-13)15-19-11-14(20-15)10-16-6-8-18-9-7-16/h2-5,14-15H,6-11H2,1H3. The zero-order valence-electron chi connectivity index (χ0n) is 11.8. The van der Waals surface area contributed by atoms with Crippen molar-refractivity contribution in [2.24, 2.45) is 0 Å². The molecule has 0 radical (unpaired) electrons. The molecule has 2 aliphatic rings. The van der Waals surface area contributed by atoms with Crippen LogP contribution in [0.1, 0.15) is 11.9 Å². The Bertz CT molecular complexity index is 416. The van der Waals surface area contributed by atoms with Crippen molar-refractivity contribution in [1.82, 2.24) is 4.90 Å². The van der Waals surface area contributed by atoms with Gasteiger partial charge in [0.2, 0.25) is 0 Å². The van der Waals surface area contributed by atoms with Crippen LogP contribution in [-0.4, -0.2) is 57.6 Å². The summed E-state index contributed by atoms with van der Waals surface area (Å²) in [7, 11) is 1.66. The fraction of sp³-hybridized carbons (Fsp3) is 0.600. The SMILES string of the molecule is COc1ccc(C2OCC(CN3CCOCC3)O2)cc1. The van der Waals surface area contributed by atoms with Crippen molar-refractivity contribution in [2.45, 2.75) is 12.4 Å². The van der Waals surface area contributed by atoms with Gasteiger partial charge in [0.1, 0.15) is 5.75 Å². The van der Waals surface area contributed by atoms with E-state index in [1.165, 1.54) is 0 Å². The maximum Gasteiger partial charge on any atom is 0.184 e. The van der Waals surface area contributed by atoms with E-state index < -0.39 is 0 Å². The average molecular weight is 279 g/mol. The third-order valence-electron chi connectivity index (χ3n) is 3.70. The second-order valence-corrected chi connectivity index (χ2v) is 5.11. The van der Waals surface area contributed by atoms with Crippen LogP contribution in [0.3, 0.4) is 0 Å². The number of methoxy groups -OCH3 is 1. The normalized spacial score (nSPS) is 27.6. The third-order valence-corrected chi connectivity index (χ3v) is 3.70. The zero-order chi connectivity index (χ0) is 13.8. The molecule has 1 aromatic carbocycles. The first-order valence-corrected chi connectivity index (χ1v) is 7.06. The molecule has 1 aromatic rings. The second kappa shape index (κ2) is 6.54. The maximum absolute atomic E-state index is 5.98. The summed E-state index contributed by atoms with van der Waals surface area (Å²) in [5.74, 6) is 0.844. The monoisotopic (exact) mass is 279 g/mol. The number of nitrogens with zero attached hydrogens (tertiary/aromatic N) is 1. The van der Waals surface area contributed by atoms with E-state index in [1.807, 2.05) is 24.3 Å². The molecule has 5 heteroatoms. The van der Waals surface area contributed by atoms with Crippen LogP contribution in [0.15, 0.2) is 24.3 Å². The van der Waals surface area contributed by atoms with Crippen LogP contribution in [0.5, 0.6) is 5.75 Å². The molecule has 0 bridgehead atoms. The van der Waals surface area contributed by atoms with Crippen molar-refractivity contribution >= 4 is 0 Å². The molecule has 2 aliphatic heterocycles. The summed E-state index contributed by atoms with van der Waals surface area (Å²) in [6, 6.07) is 7.83. The first kappa shape index (κ1) is 13.8. The Morgan fingerprint density at radius 1 is 1.20 bits per heavy atom. The molecule has 2 unspecified atom stereocenters. The van der Waals surface area contributed by atoms with Crippen LogP contribution >= 0.6 is 0 Å². The molecule has 0 N–H and O–H groups in total. The number of hydrogen-bond acceptors (Lipinski definition) is 5. The minimum absolute atomic E-state index is 0.139. The molecular formula is C15H21NO4. The van der Waals surface area contributed by atoms with E-state index in [0.29, 0.717) is 6.61 Å². The Kier molecular flexibility index (Phi) is 4.52. The van der Waals surface area contributed by atoms with E-state index in [1.54, 1.807) is 7.11 Å². The number of rotatable bonds is 4. The number of benzene rings is 1. The molecule has 0 aliphatic carbocycles. The molecule has 0 amide bonds. The summed E-state index contributed by atoms with van der Waals surface area (Å²) >= 11 is 0. The molecule has 0 spiro atoms. The second-order valence-electron chi connectivity index (χ2n) is 5.11. The topological polar surface area (TPSA) is 40.2 Å². The molecule has 20 heavy (non-hydrogen) atoms. The summed E-state index contributed by atoms with van der Waals surface area (Å²) in [5, 5.41) is 0.